The summed E-state index contributed by atoms with van der Waals surface area (Å²) >= 11 is 1.70. The van der Waals surface area contributed by atoms with Crippen molar-refractivity contribution in [3.8, 4) is 0 Å². The van der Waals surface area contributed by atoms with Crippen molar-refractivity contribution in [1.82, 2.24) is 15.2 Å². The van der Waals surface area contributed by atoms with Crippen molar-refractivity contribution in [2.24, 2.45) is 11.8 Å². The lowest BCUT2D eigenvalue weighted by Gasteiger charge is -2.48. The third-order valence-electron chi connectivity index (χ3n) is 4.81. The smallest absolute Gasteiger partial charge is 0.0795 e. The molecular weight excluding hydrogens is 254 g/mol. The summed E-state index contributed by atoms with van der Waals surface area (Å²) in [7, 11) is 0. The molecule has 3 rings (SSSR count). The highest BCUT2D eigenvalue weighted by Gasteiger charge is 2.46. The number of hydrogen-bond donors (Lipinski definition) is 1. The SMILES string of the molecule is CC(C)C1CNC(C)(C2CC2)CN1Cc1cscn1. The predicted octanol–water partition coefficient (Wildman–Crippen LogP) is 2.74. The van der Waals surface area contributed by atoms with Crippen molar-refractivity contribution in [1.29, 1.82) is 0 Å². The standard InChI is InChI=1S/C15H25N3S/c1-11(2)14-6-17-15(3,12-4-5-12)9-18(14)7-13-8-19-10-16-13/h8,10-12,14,17H,4-7,9H2,1-3H3. The Morgan fingerprint density at radius 2 is 2.32 bits per heavy atom. The average Bonchev–Trinajstić information content (AvgIpc) is 3.10. The Morgan fingerprint density at radius 3 is 2.89 bits per heavy atom. The van der Waals surface area contributed by atoms with E-state index in [9.17, 15) is 0 Å². The minimum atomic E-state index is 0.321. The molecule has 4 heteroatoms. The van der Waals surface area contributed by atoms with E-state index in [1.165, 1.54) is 18.5 Å². The van der Waals surface area contributed by atoms with Crippen LogP contribution in [0.25, 0.3) is 0 Å². The third kappa shape index (κ3) is 2.86. The molecule has 0 spiro atoms. The van der Waals surface area contributed by atoms with Crippen LogP contribution >= 0.6 is 11.3 Å². The minimum absolute atomic E-state index is 0.321. The highest BCUT2D eigenvalue weighted by molar-refractivity contribution is 7.07. The Bertz CT molecular complexity index is 413. The zero-order valence-corrected chi connectivity index (χ0v) is 13.0. The largest absolute Gasteiger partial charge is 0.308 e. The van der Waals surface area contributed by atoms with Gasteiger partial charge < -0.3 is 5.32 Å². The van der Waals surface area contributed by atoms with Gasteiger partial charge in [0.1, 0.15) is 0 Å². The van der Waals surface area contributed by atoms with Gasteiger partial charge in [0.25, 0.3) is 0 Å². The van der Waals surface area contributed by atoms with Gasteiger partial charge in [0.2, 0.25) is 0 Å². The lowest BCUT2D eigenvalue weighted by Crippen LogP contribution is -2.64. The second-order valence-corrected chi connectivity index (χ2v) is 7.49. The molecule has 106 valence electrons. The topological polar surface area (TPSA) is 28.2 Å². The van der Waals surface area contributed by atoms with E-state index in [2.05, 4.69) is 41.4 Å². The fraction of sp³-hybridized carbons (Fsp3) is 0.800. The van der Waals surface area contributed by atoms with Gasteiger partial charge in [0.15, 0.2) is 0 Å². The van der Waals surface area contributed by atoms with Gasteiger partial charge in [0.05, 0.1) is 11.2 Å². The molecule has 0 radical (unpaired) electrons. The monoisotopic (exact) mass is 279 g/mol. The molecule has 1 aromatic rings. The number of piperazine rings is 1. The van der Waals surface area contributed by atoms with Gasteiger partial charge in [-0.2, -0.15) is 0 Å². The van der Waals surface area contributed by atoms with E-state index in [0.717, 1.165) is 25.6 Å². The Labute approximate surface area is 120 Å². The van der Waals surface area contributed by atoms with Crippen molar-refractivity contribution in [3.05, 3.63) is 16.6 Å². The zero-order chi connectivity index (χ0) is 13.5. The third-order valence-corrected chi connectivity index (χ3v) is 5.45. The molecule has 2 aliphatic rings. The van der Waals surface area contributed by atoms with Crippen molar-refractivity contribution in [2.45, 2.75) is 51.7 Å². The Kier molecular flexibility index (Phi) is 3.67. The summed E-state index contributed by atoms with van der Waals surface area (Å²) in [5.74, 6) is 1.58. The number of thiazole rings is 1. The van der Waals surface area contributed by atoms with E-state index in [-0.39, 0.29) is 0 Å². The summed E-state index contributed by atoms with van der Waals surface area (Å²) in [5.41, 5.74) is 3.50. The van der Waals surface area contributed by atoms with E-state index < -0.39 is 0 Å². The molecule has 3 nitrogen and oxygen atoms in total. The van der Waals surface area contributed by atoms with E-state index in [4.69, 9.17) is 0 Å². The van der Waals surface area contributed by atoms with Crippen LogP contribution in [-0.4, -0.2) is 34.6 Å². The summed E-state index contributed by atoms with van der Waals surface area (Å²) < 4.78 is 0. The summed E-state index contributed by atoms with van der Waals surface area (Å²) in [4.78, 5) is 7.13. The molecule has 1 saturated carbocycles. The van der Waals surface area contributed by atoms with Crippen LogP contribution in [0.5, 0.6) is 0 Å². The summed E-state index contributed by atoms with van der Waals surface area (Å²) in [6.45, 7) is 10.4. The van der Waals surface area contributed by atoms with Crippen molar-refractivity contribution in [3.63, 3.8) is 0 Å². The maximum atomic E-state index is 4.47. The first-order valence-corrected chi connectivity index (χ1v) is 8.39. The molecule has 2 atom stereocenters. The Morgan fingerprint density at radius 1 is 1.53 bits per heavy atom. The summed E-state index contributed by atoms with van der Waals surface area (Å²) in [5, 5.41) is 6.03. The van der Waals surface area contributed by atoms with Crippen LogP contribution < -0.4 is 5.32 Å². The van der Waals surface area contributed by atoms with Gasteiger partial charge in [-0.15, -0.1) is 11.3 Å². The molecule has 1 aliphatic heterocycles. The van der Waals surface area contributed by atoms with E-state index in [0.29, 0.717) is 17.5 Å². The van der Waals surface area contributed by atoms with Crippen molar-refractivity contribution in [2.75, 3.05) is 13.1 Å². The molecule has 0 bridgehead atoms. The average molecular weight is 279 g/mol. The highest BCUT2D eigenvalue weighted by atomic mass is 32.1. The molecular formula is C15H25N3S. The Hall–Kier alpha value is -0.450. The number of rotatable bonds is 4. The van der Waals surface area contributed by atoms with Crippen LogP contribution in [0.1, 0.15) is 39.3 Å². The first-order chi connectivity index (χ1) is 9.08. The summed E-state index contributed by atoms with van der Waals surface area (Å²) in [6, 6.07) is 0.633. The quantitative estimate of drug-likeness (QED) is 0.918. The summed E-state index contributed by atoms with van der Waals surface area (Å²) in [6.07, 6.45) is 2.81. The Balaban J connectivity index is 1.74. The van der Waals surface area contributed by atoms with Crippen LogP contribution in [0, 0.1) is 11.8 Å². The van der Waals surface area contributed by atoms with Gasteiger partial charge in [-0.25, -0.2) is 4.98 Å². The molecule has 0 amide bonds. The van der Waals surface area contributed by atoms with Crippen LogP contribution in [0.4, 0.5) is 0 Å². The number of nitrogens with one attached hydrogen (secondary N) is 1. The first kappa shape index (κ1) is 13.5. The fourth-order valence-electron chi connectivity index (χ4n) is 3.41. The van der Waals surface area contributed by atoms with E-state index in [1.807, 2.05) is 5.51 Å². The van der Waals surface area contributed by atoms with Crippen LogP contribution in [0.15, 0.2) is 10.9 Å². The van der Waals surface area contributed by atoms with Gasteiger partial charge in [-0.1, -0.05) is 13.8 Å². The molecule has 2 heterocycles. The van der Waals surface area contributed by atoms with Crippen LogP contribution in [-0.2, 0) is 6.54 Å². The fourth-order valence-corrected chi connectivity index (χ4v) is 3.96. The second kappa shape index (κ2) is 5.15. The lowest BCUT2D eigenvalue weighted by atomic mass is 9.88. The van der Waals surface area contributed by atoms with Gasteiger partial charge in [-0.3, -0.25) is 4.90 Å². The molecule has 2 unspecified atom stereocenters. The van der Waals surface area contributed by atoms with Gasteiger partial charge in [0, 0.05) is 36.6 Å². The number of nitrogens with zero attached hydrogens (tertiary/aromatic N) is 2. The van der Waals surface area contributed by atoms with Crippen LogP contribution in [0.2, 0.25) is 0 Å². The zero-order valence-electron chi connectivity index (χ0n) is 12.2. The van der Waals surface area contributed by atoms with Gasteiger partial charge >= 0.3 is 0 Å². The lowest BCUT2D eigenvalue weighted by molar-refractivity contribution is 0.0454. The number of hydrogen-bond acceptors (Lipinski definition) is 4. The predicted molar refractivity (Wildman–Crippen MR) is 80.3 cm³/mol. The molecule has 1 saturated heterocycles. The van der Waals surface area contributed by atoms with Crippen LogP contribution in [0.3, 0.4) is 0 Å². The minimum Gasteiger partial charge on any atom is -0.308 e. The van der Waals surface area contributed by atoms with Crippen molar-refractivity contribution >= 4 is 11.3 Å². The van der Waals surface area contributed by atoms with E-state index >= 15 is 0 Å². The van der Waals surface area contributed by atoms with Crippen molar-refractivity contribution < 1.29 is 0 Å². The first-order valence-electron chi connectivity index (χ1n) is 7.44. The molecule has 19 heavy (non-hydrogen) atoms. The molecule has 1 aliphatic carbocycles. The second-order valence-electron chi connectivity index (χ2n) is 6.77. The highest BCUT2D eigenvalue weighted by Crippen LogP contribution is 2.42. The molecule has 0 aromatic carbocycles. The normalized spacial score (nSPS) is 32.9. The molecule has 1 N–H and O–H groups in total. The van der Waals surface area contributed by atoms with Gasteiger partial charge in [-0.05, 0) is 31.6 Å². The number of aromatic nitrogens is 1. The van der Waals surface area contributed by atoms with E-state index in [1.54, 1.807) is 11.3 Å². The molecule has 2 fully saturated rings. The maximum Gasteiger partial charge on any atom is 0.0795 e. The molecule has 1 aromatic heterocycles. The maximum absolute atomic E-state index is 4.47.